The van der Waals surface area contributed by atoms with E-state index >= 15 is 0 Å². The summed E-state index contributed by atoms with van der Waals surface area (Å²) in [6.07, 6.45) is 1.78. The van der Waals surface area contributed by atoms with Gasteiger partial charge >= 0.3 is 0 Å². The smallest absolute Gasteiger partial charge is 0.247 e. The molecule has 0 radical (unpaired) electrons. The first-order valence-electron chi connectivity index (χ1n) is 7.97. The molecule has 0 bridgehead atoms. The number of halogens is 1. The second kappa shape index (κ2) is 7.62. The molecule has 1 amide bonds. The van der Waals surface area contributed by atoms with Crippen LogP contribution in [0.25, 0.3) is 0 Å². The van der Waals surface area contributed by atoms with E-state index in [4.69, 9.17) is 17.0 Å². The van der Waals surface area contributed by atoms with Gasteiger partial charge in [-0.1, -0.05) is 50.7 Å². The summed E-state index contributed by atoms with van der Waals surface area (Å²) in [7, 11) is 0. The van der Waals surface area contributed by atoms with Gasteiger partial charge in [0.15, 0.2) is 0 Å². The molecule has 0 aromatic heterocycles. The third kappa shape index (κ3) is 4.77. The standard InChI is InChI=1S/C18H24ClN3OS/c1-12(24-17(20)18(2,3)4)21-16(23)15-6-5-11-22(15)14-9-7-13(19)8-10-14/h7-10,15,20H,1,5-6,11H2,2-4H3,(H,21,23). The van der Waals surface area contributed by atoms with Crippen molar-refractivity contribution < 1.29 is 4.79 Å². The lowest BCUT2D eigenvalue weighted by Crippen LogP contribution is -2.42. The van der Waals surface area contributed by atoms with E-state index in [-0.39, 0.29) is 17.4 Å². The number of anilines is 1. The van der Waals surface area contributed by atoms with Crippen molar-refractivity contribution in [1.82, 2.24) is 5.32 Å². The maximum atomic E-state index is 12.6. The van der Waals surface area contributed by atoms with Gasteiger partial charge in [0.1, 0.15) is 6.04 Å². The molecular formula is C18H24ClN3OS. The Hall–Kier alpha value is -1.46. The van der Waals surface area contributed by atoms with E-state index in [1.807, 2.05) is 45.0 Å². The zero-order chi connectivity index (χ0) is 17.9. The lowest BCUT2D eigenvalue weighted by molar-refractivity contribution is -0.121. The minimum absolute atomic E-state index is 0.0679. The van der Waals surface area contributed by atoms with E-state index in [9.17, 15) is 4.79 Å². The summed E-state index contributed by atoms with van der Waals surface area (Å²) >= 11 is 7.15. The average molecular weight is 366 g/mol. The number of nitrogens with zero attached hydrogens (tertiary/aromatic N) is 1. The van der Waals surface area contributed by atoms with Gasteiger partial charge in [-0.15, -0.1) is 0 Å². The molecule has 130 valence electrons. The lowest BCUT2D eigenvalue weighted by atomic mass is 9.99. The Balaban J connectivity index is 1.99. The van der Waals surface area contributed by atoms with Crippen LogP contribution in [0.3, 0.4) is 0 Å². The number of carbonyl (C=O) groups excluding carboxylic acids is 1. The van der Waals surface area contributed by atoms with Gasteiger partial charge in [0.25, 0.3) is 0 Å². The number of thioether (sulfide) groups is 1. The number of rotatable bonds is 4. The van der Waals surface area contributed by atoms with E-state index in [1.54, 1.807) is 0 Å². The zero-order valence-electron chi connectivity index (χ0n) is 14.4. The van der Waals surface area contributed by atoms with Gasteiger partial charge in [-0.25, -0.2) is 0 Å². The molecule has 0 aliphatic carbocycles. The number of hydrogen-bond acceptors (Lipinski definition) is 4. The summed E-state index contributed by atoms with van der Waals surface area (Å²) in [5.74, 6) is -0.0679. The molecule has 0 saturated carbocycles. The fourth-order valence-electron chi connectivity index (χ4n) is 2.50. The highest BCUT2D eigenvalue weighted by Crippen LogP contribution is 2.29. The first-order chi connectivity index (χ1) is 11.2. The van der Waals surface area contributed by atoms with Crippen molar-refractivity contribution in [3.63, 3.8) is 0 Å². The molecule has 0 spiro atoms. The van der Waals surface area contributed by atoms with Crippen LogP contribution in [0, 0.1) is 10.8 Å². The van der Waals surface area contributed by atoms with Crippen molar-refractivity contribution in [1.29, 1.82) is 5.41 Å². The Morgan fingerprint density at radius 1 is 1.38 bits per heavy atom. The summed E-state index contributed by atoms with van der Waals surface area (Å²) in [5.41, 5.74) is 0.749. The zero-order valence-corrected chi connectivity index (χ0v) is 15.9. The van der Waals surface area contributed by atoms with E-state index in [1.165, 1.54) is 11.8 Å². The Morgan fingerprint density at radius 3 is 2.58 bits per heavy atom. The number of nitrogens with one attached hydrogen (secondary N) is 2. The molecule has 1 heterocycles. The second-order valence-electron chi connectivity index (χ2n) is 6.92. The van der Waals surface area contributed by atoms with Gasteiger partial charge in [-0.3, -0.25) is 10.2 Å². The highest BCUT2D eigenvalue weighted by Gasteiger charge is 2.31. The predicted molar refractivity (Wildman–Crippen MR) is 104 cm³/mol. The normalized spacial score (nSPS) is 17.7. The molecule has 1 aromatic carbocycles. The van der Waals surface area contributed by atoms with Crippen molar-refractivity contribution in [2.24, 2.45) is 5.41 Å². The molecule has 1 aliphatic heterocycles. The van der Waals surface area contributed by atoms with Crippen LogP contribution in [0.5, 0.6) is 0 Å². The van der Waals surface area contributed by atoms with Gasteiger partial charge in [-0.2, -0.15) is 0 Å². The lowest BCUT2D eigenvalue weighted by Gasteiger charge is -2.26. The van der Waals surface area contributed by atoms with Crippen LogP contribution in [-0.4, -0.2) is 23.5 Å². The molecule has 6 heteroatoms. The van der Waals surface area contributed by atoms with Crippen LogP contribution >= 0.6 is 23.4 Å². The maximum Gasteiger partial charge on any atom is 0.247 e. The van der Waals surface area contributed by atoms with Crippen molar-refractivity contribution in [3.8, 4) is 0 Å². The predicted octanol–water partition coefficient (Wildman–Crippen LogP) is 4.65. The van der Waals surface area contributed by atoms with Gasteiger partial charge in [-0.05, 0) is 37.1 Å². The Bertz CT molecular complexity index is 637. The molecular weight excluding hydrogens is 342 g/mol. The minimum Gasteiger partial charge on any atom is -0.360 e. The quantitative estimate of drug-likeness (QED) is 0.603. The van der Waals surface area contributed by atoms with Crippen molar-refractivity contribution in [2.45, 2.75) is 39.7 Å². The average Bonchev–Trinajstić information content (AvgIpc) is 2.96. The van der Waals surface area contributed by atoms with Crippen LogP contribution in [0.4, 0.5) is 5.69 Å². The largest absolute Gasteiger partial charge is 0.360 e. The summed E-state index contributed by atoms with van der Waals surface area (Å²) < 4.78 is 0. The van der Waals surface area contributed by atoms with E-state index in [0.717, 1.165) is 25.1 Å². The highest BCUT2D eigenvalue weighted by molar-refractivity contribution is 8.17. The number of benzene rings is 1. The molecule has 1 aliphatic rings. The van der Waals surface area contributed by atoms with Crippen LogP contribution in [0.2, 0.25) is 5.02 Å². The molecule has 4 nitrogen and oxygen atoms in total. The Morgan fingerprint density at radius 2 is 2.00 bits per heavy atom. The van der Waals surface area contributed by atoms with Crippen LogP contribution in [0.1, 0.15) is 33.6 Å². The van der Waals surface area contributed by atoms with E-state index in [0.29, 0.717) is 15.1 Å². The molecule has 1 unspecified atom stereocenters. The summed E-state index contributed by atoms with van der Waals surface area (Å²) in [6.45, 7) is 10.6. The number of carbonyl (C=O) groups is 1. The van der Waals surface area contributed by atoms with Crippen LogP contribution in [0.15, 0.2) is 35.9 Å². The first kappa shape index (κ1) is 18.9. The molecule has 1 fully saturated rings. The summed E-state index contributed by atoms with van der Waals surface area (Å²) in [4.78, 5) is 14.7. The first-order valence-corrected chi connectivity index (χ1v) is 9.17. The Kier molecular flexibility index (Phi) is 5.99. The van der Waals surface area contributed by atoms with Gasteiger partial charge in [0.2, 0.25) is 5.91 Å². The highest BCUT2D eigenvalue weighted by atomic mass is 35.5. The van der Waals surface area contributed by atoms with E-state index in [2.05, 4.69) is 16.8 Å². The molecule has 1 saturated heterocycles. The second-order valence-corrected chi connectivity index (χ2v) is 8.46. The molecule has 1 atom stereocenters. The number of amides is 1. The van der Waals surface area contributed by atoms with Gasteiger partial charge in [0, 0.05) is 22.7 Å². The van der Waals surface area contributed by atoms with Gasteiger partial charge < -0.3 is 10.2 Å². The van der Waals surface area contributed by atoms with Gasteiger partial charge in [0.05, 0.1) is 10.1 Å². The number of hydrogen-bond donors (Lipinski definition) is 2. The third-order valence-electron chi connectivity index (χ3n) is 3.88. The third-order valence-corrected chi connectivity index (χ3v) is 5.30. The molecule has 2 N–H and O–H groups in total. The fraction of sp³-hybridized carbons (Fsp3) is 0.444. The van der Waals surface area contributed by atoms with E-state index < -0.39 is 0 Å². The summed E-state index contributed by atoms with van der Waals surface area (Å²) in [5, 5.41) is 12.6. The van der Waals surface area contributed by atoms with Crippen molar-refractivity contribution in [2.75, 3.05) is 11.4 Å². The molecule has 24 heavy (non-hydrogen) atoms. The minimum atomic E-state index is -0.249. The molecule has 2 rings (SSSR count). The van der Waals surface area contributed by atoms with Crippen molar-refractivity contribution >= 4 is 40.0 Å². The molecule has 1 aromatic rings. The van der Waals surface area contributed by atoms with Crippen molar-refractivity contribution in [3.05, 3.63) is 40.9 Å². The monoisotopic (exact) mass is 365 g/mol. The summed E-state index contributed by atoms with van der Waals surface area (Å²) in [6, 6.07) is 7.33. The fourth-order valence-corrected chi connectivity index (χ4v) is 3.33. The maximum absolute atomic E-state index is 12.6. The van der Waals surface area contributed by atoms with Crippen LogP contribution in [-0.2, 0) is 4.79 Å². The Labute approximate surface area is 153 Å². The van der Waals surface area contributed by atoms with Crippen LogP contribution < -0.4 is 10.2 Å². The SMILES string of the molecule is C=C(NC(=O)C1CCCN1c1ccc(Cl)cc1)SC(=N)C(C)(C)C. The topological polar surface area (TPSA) is 56.2 Å².